The van der Waals surface area contributed by atoms with Crippen molar-refractivity contribution in [1.29, 1.82) is 0 Å². The van der Waals surface area contributed by atoms with Crippen LogP contribution in [0.15, 0.2) is 6.07 Å². The van der Waals surface area contributed by atoms with Crippen LogP contribution in [-0.2, 0) is 6.42 Å². The van der Waals surface area contributed by atoms with Crippen molar-refractivity contribution in [3.8, 4) is 0 Å². The fourth-order valence-electron chi connectivity index (χ4n) is 3.51. The summed E-state index contributed by atoms with van der Waals surface area (Å²) in [6, 6.07) is 1.30. The minimum Gasteiger partial charge on any atom is -0.345 e. The maximum absolute atomic E-state index is 12.7. The first-order valence-electron chi connectivity index (χ1n) is 7.03. The van der Waals surface area contributed by atoms with E-state index >= 15 is 0 Å². The van der Waals surface area contributed by atoms with E-state index in [1.165, 1.54) is 0 Å². The Kier molecular flexibility index (Phi) is 3.70. The van der Waals surface area contributed by atoms with Crippen molar-refractivity contribution in [3.05, 3.63) is 23.0 Å². The first-order valence-corrected chi connectivity index (χ1v) is 7.03. The van der Waals surface area contributed by atoms with Gasteiger partial charge in [-0.25, -0.2) is 0 Å². The lowest BCUT2D eigenvalue weighted by Crippen LogP contribution is -2.31. The van der Waals surface area contributed by atoms with Crippen molar-refractivity contribution in [1.82, 2.24) is 4.57 Å². The number of nitrogens with two attached hydrogens (primary N) is 1. The smallest absolute Gasteiger partial charge is 0.345 e. The summed E-state index contributed by atoms with van der Waals surface area (Å²) in [5.41, 5.74) is 9.12. The average molecular weight is 288 g/mol. The second-order valence-corrected chi connectivity index (χ2v) is 6.88. The third kappa shape index (κ3) is 3.03. The molecule has 0 bridgehead atoms. The number of hydrogen-bond donors (Lipinski definition) is 1. The Morgan fingerprint density at radius 3 is 2.60 bits per heavy atom. The lowest BCUT2D eigenvalue weighted by molar-refractivity contribution is -0.141. The molecule has 1 heterocycles. The van der Waals surface area contributed by atoms with Gasteiger partial charge in [0, 0.05) is 23.5 Å². The summed E-state index contributed by atoms with van der Waals surface area (Å²) in [7, 11) is 0. The van der Waals surface area contributed by atoms with Gasteiger partial charge in [0.1, 0.15) is 0 Å². The molecule has 0 aromatic carbocycles. The average Bonchev–Trinajstić information content (AvgIpc) is 2.50. The van der Waals surface area contributed by atoms with Gasteiger partial charge in [0.15, 0.2) is 0 Å². The van der Waals surface area contributed by atoms with Gasteiger partial charge in [0.2, 0.25) is 0 Å². The van der Waals surface area contributed by atoms with Crippen molar-refractivity contribution in [2.75, 3.05) is 0 Å². The molecule has 20 heavy (non-hydrogen) atoms. The Bertz CT molecular complexity index is 500. The van der Waals surface area contributed by atoms with Gasteiger partial charge in [-0.15, -0.1) is 0 Å². The van der Waals surface area contributed by atoms with Gasteiger partial charge in [-0.3, -0.25) is 0 Å². The number of fused-ring (bicyclic) bond motifs is 1. The second-order valence-electron chi connectivity index (χ2n) is 6.88. The van der Waals surface area contributed by atoms with Gasteiger partial charge in [-0.2, -0.15) is 13.2 Å². The molecule has 2 rings (SSSR count). The topological polar surface area (TPSA) is 30.9 Å². The molecule has 0 amide bonds. The molecule has 114 valence electrons. The Hall–Kier alpha value is -0.970. The lowest BCUT2D eigenvalue weighted by Gasteiger charge is -2.35. The third-order valence-corrected chi connectivity index (χ3v) is 4.15. The SMILES string of the molecule is Cc1cc2c(n1C(C)CC(F)(F)F)CC(C)(C)CC2N. The van der Waals surface area contributed by atoms with E-state index in [4.69, 9.17) is 5.73 Å². The molecule has 0 saturated carbocycles. The molecule has 1 aromatic rings. The summed E-state index contributed by atoms with van der Waals surface area (Å²) < 4.78 is 39.8. The highest BCUT2D eigenvalue weighted by atomic mass is 19.4. The zero-order valence-corrected chi connectivity index (χ0v) is 12.5. The van der Waals surface area contributed by atoms with E-state index in [0.717, 1.165) is 29.8 Å². The molecule has 2 N–H and O–H groups in total. The zero-order valence-electron chi connectivity index (χ0n) is 12.5. The van der Waals surface area contributed by atoms with E-state index in [1.807, 2.05) is 17.6 Å². The van der Waals surface area contributed by atoms with Crippen LogP contribution >= 0.6 is 0 Å². The van der Waals surface area contributed by atoms with Gasteiger partial charge in [-0.1, -0.05) is 13.8 Å². The van der Waals surface area contributed by atoms with Crippen molar-refractivity contribution in [2.24, 2.45) is 11.1 Å². The zero-order chi connectivity index (χ0) is 15.3. The molecule has 2 atom stereocenters. The number of rotatable bonds is 2. The van der Waals surface area contributed by atoms with E-state index in [9.17, 15) is 13.2 Å². The van der Waals surface area contributed by atoms with Crippen LogP contribution in [0, 0.1) is 12.3 Å². The number of alkyl halides is 3. The number of halogens is 3. The Morgan fingerprint density at radius 1 is 1.45 bits per heavy atom. The molecule has 0 saturated heterocycles. The van der Waals surface area contributed by atoms with Crippen LogP contribution in [0.5, 0.6) is 0 Å². The predicted molar refractivity (Wildman–Crippen MR) is 73.6 cm³/mol. The number of nitrogens with zero attached hydrogens (tertiary/aromatic N) is 1. The minimum absolute atomic E-state index is 0.0346. The van der Waals surface area contributed by atoms with E-state index < -0.39 is 18.6 Å². The van der Waals surface area contributed by atoms with E-state index in [2.05, 4.69) is 13.8 Å². The van der Waals surface area contributed by atoms with Crippen molar-refractivity contribution in [2.45, 2.75) is 65.2 Å². The standard InChI is InChI=1S/C15H23F3N2/c1-9-5-11-12(19)7-14(3,4)8-13(11)20(9)10(2)6-15(16,17)18/h5,10,12H,6-8,19H2,1-4H3. The maximum Gasteiger partial charge on any atom is 0.391 e. The Balaban J connectivity index is 2.41. The van der Waals surface area contributed by atoms with Gasteiger partial charge < -0.3 is 10.3 Å². The number of aromatic nitrogens is 1. The molecule has 0 spiro atoms. The highest BCUT2D eigenvalue weighted by Gasteiger charge is 2.36. The normalized spacial score (nSPS) is 23.5. The molecule has 0 radical (unpaired) electrons. The monoisotopic (exact) mass is 288 g/mol. The highest BCUT2D eigenvalue weighted by Crippen LogP contribution is 2.42. The fraction of sp³-hybridized carbons (Fsp3) is 0.733. The van der Waals surface area contributed by atoms with Gasteiger partial charge in [0.05, 0.1) is 6.42 Å². The van der Waals surface area contributed by atoms with Crippen molar-refractivity contribution < 1.29 is 13.2 Å². The molecule has 0 aliphatic heterocycles. The van der Waals surface area contributed by atoms with Crippen LogP contribution in [0.3, 0.4) is 0 Å². The predicted octanol–water partition coefficient (Wildman–Crippen LogP) is 4.28. The van der Waals surface area contributed by atoms with E-state index in [-0.39, 0.29) is 11.5 Å². The van der Waals surface area contributed by atoms with Gasteiger partial charge in [0.25, 0.3) is 0 Å². The quantitative estimate of drug-likeness (QED) is 0.865. The van der Waals surface area contributed by atoms with Gasteiger partial charge >= 0.3 is 6.18 Å². The van der Waals surface area contributed by atoms with Gasteiger partial charge in [-0.05, 0) is 43.7 Å². The number of hydrogen-bond acceptors (Lipinski definition) is 1. The highest BCUT2D eigenvalue weighted by molar-refractivity contribution is 5.34. The molecule has 0 fully saturated rings. The summed E-state index contributed by atoms with van der Waals surface area (Å²) >= 11 is 0. The Morgan fingerprint density at radius 2 is 2.05 bits per heavy atom. The second kappa shape index (κ2) is 4.79. The van der Waals surface area contributed by atoms with Crippen LogP contribution in [0.25, 0.3) is 0 Å². The van der Waals surface area contributed by atoms with Crippen LogP contribution < -0.4 is 5.73 Å². The molecule has 1 aliphatic rings. The molecule has 5 heteroatoms. The molecular weight excluding hydrogens is 265 g/mol. The first kappa shape index (κ1) is 15.4. The fourth-order valence-corrected chi connectivity index (χ4v) is 3.51. The summed E-state index contributed by atoms with van der Waals surface area (Å²) in [6.45, 7) is 7.74. The largest absolute Gasteiger partial charge is 0.391 e. The van der Waals surface area contributed by atoms with E-state index in [1.54, 1.807) is 6.92 Å². The van der Waals surface area contributed by atoms with Crippen LogP contribution in [-0.4, -0.2) is 10.7 Å². The van der Waals surface area contributed by atoms with Crippen molar-refractivity contribution in [3.63, 3.8) is 0 Å². The maximum atomic E-state index is 12.7. The first-order chi connectivity index (χ1) is 9.00. The molecular formula is C15H23F3N2. The van der Waals surface area contributed by atoms with Crippen LogP contribution in [0.4, 0.5) is 13.2 Å². The van der Waals surface area contributed by atoms with Crippen molar-refractivity contribution >= 4 is 0 Å². The number of aryl methyl sites for hydroxylation is 1. The lowest BCUT2D eigenvalue weighted by atomic mass is 9.74. The third-order valence-electron chi connectivity index (χ3n) is 4.15. The summed E-state index contributed by atoms with van der Waals surface area (Å²) in [5, 5.41) is 0. The molecule has 1 aromatic heterocycles. The summed E-state index contributed by atoms with van der Waals surface area (Å²) in [5.74, 6) is 0. The Labute approximate surface area is 118 Å². The summed E-state index contributed by atoms with van der Waals surface area (Å²) in [6.07, 6.45) is -3.29. The molecule has 2 nitrogen and oxygen atoms in total. The molecule has 1 aliphatic carbocycles. The van der Waals surface area contributed by atoms with E-state index in [0.29, 0.717) is 0 Å². The van der Waals surface area contributed by atoms with Crippen LogP contribution in [0.1, 0.15) is 62.6 Å². The molecule has 2 unspecified atom stereocenters. The summed E-state index contributed by atoms with van der Waals surface area (Å²) in [4.78, 5) is 0. The van der Waals surface area contributed by atoms with Crippen LogP contribution in [0.2, 0.25) is 0 Å². The minimum atomic E-state index is -4.14.